The van der Waals surface area contributed by atoms with Gasteiger partial charge in [-0.25, -0.2) is 9.37 Å². The van der Waals surface area contributed by atoms with E-state index in [0.717, 1.165) is 30.1 Å². The van der Waals surface area contributed by atoms with Crippen LogP contribution in [0.4, 0.5) is 4.39 Å². The lowest BCUT2D eigenvalue weighted by Gasteiger charge is -2.33. The molecule has 0 N–H and O–H groups in total. The van der Waals surface area contributed by atoms with Crippen molar-refractivity contribution in [2.75, 3.05) is 0 Å². The van der Waals surface area contributed by atoms with Gasteiger partial charge in [0.2, 0.25) is 0 Å². The molecule has 1 aliphatic carbocycles. The van der Waals surface area contributed by atoms with Crippen molar-refractivity contribution in [1.29, 1.82) is 0 Å². The molecule has 1 fully saturated rings. The first-order chi connectivity index (χ1) is 10.0. The number of rotatable bonds is 2. The molecular weight excluding hydrogens is 355 g/mol. The summed E-state index contributed by atoms with van der Waals surface area (Å²) < 4.78 is 16.4. The molecule has 2 aromatic rings. The number of halogens is 3. The van der Waals surface area contributed by atoms with Crippen LogP contribution >= 0.6 is 27.5 Å². The lowest BCUT2D eigenvalue weighted by atomic mass is 9.79. The summed E-state index contributed by atoms with van der Waals surface area (Å²) >= 11 is 9.36. The van der Waals surface area contributed by atoms with Crippen LogP contribution in [-0.4, -0.2) is 9.55 Å². The first-order valence-electron chi connectivity index (χ1n) is 7.43. The van der Waals surface area contributed by atoms with E-state index in [1.807, 2.05) is 6.07 Å². The van der Waals surface area contributed by atoms with Crippen LogP contribution in [-0.2, 0) is 5.88 Å². The Bertz CT molecular complexity index is 670. The highest BCUT2D eigenvalue weighted by molar-refractivity contribution is 9.10. The summed E-state index contributed by atoms with van der Waals surface area (Å²) in [6.07, 6.45) is 3.48. The third-order valence-corrected chi connectivity index (χ3v) is 5.71. The average molecular weight is 374 g/mol. The average Bonchev–Trinajstić information content (AvgIpc) is 2.80. The molecule has 0 amide bonds. The Morgan fingerprint density at radius 3 is 2.76 bits per heavy atom. The number of imidazole rings is 1. The fourth-order valence-corrected chi connectivity index (χ4v) is 3.92. The second-order valence-electron chi connectivity index (χ2n) is 6.21. The highest BCUT2D eigenvalue weighted by atomic mass is 79.9. The molecule has 2 nitrogen and oxygen atoms in total. The maximum Gasteiger partial charge on any atom is 0.139 e. The highest BCUT2D eigenvalue weighted by Gasteiger charge is 2.28. The van der Waals surface area contributed by atoms with Gasteiger partial charge >= 0.3 is 0 Å². The lowest BCUT2D eigenvalue weighted by Crippen LogP contribution is -2.24. The summed E-state index contributed by atoms with van der Waals surface area (Å²) in [5.41, 5.74) is 1.67. The predicted octanol–water partition coefficient (Wildman–Crippen LogP) is 5.67. The highest BCUT2D eigenvalue weighted by Crippen LogP contribution is 2.39. The van der Waals surface area contributed by atoms with Crippen molar-refractivity contribution >= 4 is 38.6 Å². The summed E-state index contributed by atoms with van der Waals surface area (Å²) in [5, 5.41) is 0. The van der Waals surface area contributed by atoms with E-state index in [1.165, 1.54) is 12.5 Å². The van der Waals surface area contributed by atoms with E-state index in [-0.39, 0.29) is 5.82 Å². The molecule has 5 heteroatoms. The Balaban J connectivity index is 2.10. The molecule has 114 valence electrons. The fraction of sp³-hybridized carbons (Fsp3) is 0.562. The third-order valence-electron chi connectivity index (χ3n) is 4.86. The molecule has 0 bridgehead atoms. The van der Waals surface area contributed by atoms with Gasteiger partial charge in [0.15, 0.2) is 0 Å². The van der Waals surface area contributed by atoms with Crippen LogP contribution in [0.25, 0.3) is 11.0 Å². The molecule has 1 heterocycles. The molecule has 1 aromatic heterocycles. The van der Waals surface area contributed by atoms with Crippen LogP contribution < -0.4 is 0 Å². The van der Waals surface area contributed by atoms with Crippen LogP contribution in [0, 0.1) is 17.7 Å². The van der Waals surface area contributed by atoms with E-state index in [9.17, 15) is 4.39 Å². The molecule has 1 aromatic carbocycles. The third kappa shape index (κ3) is 2.72. The number of benzene rings is 1. The number of alkyl halides is 1. The molecule has 0 radical (unpaired) electrons. The molecule has 1 aliphatic rings. The lowest BCUT2D eigenvalue weighted by molar-refractivity contribution is 0.211. The molecule has 3 unspecified atom stereocenters. The van der Waals surface area contributed by atoms with Gasteiger partial charge in [-0.1, -0.05) is 13.8 Å². The van der Waals surface area contributed by atoms with Crippen molar-refractivity contribution in [1.82, 2.24) is 9.55 Å². The van der Waals surface area contributed by atoms with E-state index in [4.69, 9.17) is 11.6 Å². The normalized spacial score (nSPS) is 26.4. The predicted molar refractivity (Wildman–Crippen MR) is 88.2 cm³/mol. The number of nitrogens with zero attached hydrogens (tertiary/aromatic N) is 2. The van der Waals surface area contributed by atoms with E-state index in [1.54, 1.807) is 0 Å². The Morgan fingerprint density at radius 2 is 2.10 bits per heavy atom. The molecule has 3 rings (SSSR count). The van der Waals surface area contributed by atoms with Gasteiger partial charge in [-0.3, -0.25) is 0 Å². The van der Waals surface area contributed by atoms with Crippen LogP contribution in [0.2, 0.25) is 0 Å². The quantitative estimate of drug-likeness (QED) is 0.620. The van der Waals surface area contributed by atoms with Gasteiger partial charge in [-0.2, -0.15) is 0 Å². The molecule has 0 aliphatic heterocycles. The van der Waals surface area contributed by atoms with Crippen molar-refractivity contribution in [2.45, 2.75) is 45.0 Å². The second-order valence-corrected chi connectivity index (χ2v) is 7.33. The van der Waals surface area contributed by atoms with Crippen molar-refractivity contribution in [3.8, 4) is 0 Å². The number of hydrogen-bond acceptors (Lipinski definition) is 1. The minimum Gasteiger partial charge on any atom is -0.324 e. The standard InChI is InChI=1S/C16H19BrClFN2/c1-9-3-4-11(5-10(9)2)21-15-6-12(17)13(19)7-14(15)20-16(21)8-18/h6-7,9-11H,3-5,8H2,1-2H3. The fourth-order valence-electron chi connectivity index (χ4n) is 3.40. The molecule has 3 atom stereocenters. The minimum absolute atomic E-state index is 0.279. The van der Waals surface area contributed by atoms with Crippen LogP contribution in [0.1, 0.15) is 45.0 Å². The zero-order valence-corrected chi connectivity index (χ0v) is 14.6. The van der Waals surface area contributed by atoms with E-state index in [0.29, 0.717) is 27.8 Å². The molecular formula is C16H19BrClFN2. The summed E-state index contributed by atoms with van der Waals surface area (Å²) in [6.45, 7) is 4.63. The molecule has 1 saturated carbocycles. The topological polar surface area (TPSA) is 17.8 Å². The van der Waals surface area contributed by atoms with Gasteiger partial charge in [-0.15, -0.1) is 11.6 Å². The largest absolute Gasteiger partial charge is 0.324 e. The van der Waals surface area contributed by atoms with Crippen LogP contribution in [0.3, 0.4) is 0 Å². The van der Waals surface area contributed by atoms with Crippen molar-refractivity contribution < 1.29 is 4.39 Å². The van der Waals surface area contributed by atoms with Crippen LogP contribution in [0.15, 0.2) is 16.6 Å². The first kappa shape index (κ1) is 15.3. The zero-order chi connectivity index (χ0) is 15.1. The van der Waals surface area contributed by atoms with Crippen molar-refractivity contribution in [3.05, 3.63) is 28.2 Å². The molecule has 21 heavy (non-hydrogen) atoms. The summed E-state index contributed by atoms with van der Waals surface area (Å²) in [5.74, 6) is 2.37. The van der Waals surface area contributed by atoms with E-state index in [2.05, 4.69) is 39.3 Å². The smallest absolute Gasteiger partial charge is 0.139 e. The van der Waals surface area contributed by atoms with Gasteiger partial charge in [0, 0.05) is 12.1 Å². The Hall–Kier alpha value is -0.610. The number of hydrogen-bond donors (Lipinski definition) is 0. The van der Waals surface area contributed by atoms with Gasteiger partial charge in [0.1, 0.15) is 11.6 Å². The summed E-state index contributed by atoms with van der Waals surface area (Å²) in [7, 11) is 0. The maximum absolute atomic E-state index is 13.7. The Kier molecular flexibility index (Phi) is 4.28. The van der Waals surface area contributed by atoms with Gasteiger partial charge in [-0.05, 0) is 53.1 Å². The minimum atomic E-state index is -0.279. The van der Waals surface area contributed by atoms with E-state index >= 15 is 0 Å². The van der Waals surface area contributed by atoms with E-state index < -0.39 is 0 Å². The Labute approximate surface area is 137 Å². The van der Waals surface area contributed by atoms with Crippen molar-refractivity contribution in [2.24, 2.45) is 11.8 Å². The summed E-state index contributed by atoms with van der Waals surface area (Å²) in [4.78, 5) is 4.52. The van der Waals surface area contributed by atoms with Gasteiger partial charge in [0.05, 0.1) is 21.4 Å². The Morgan fingerprint density at radius 1 is 1.33 bits per heavy atom. The van der Waals surface area contributed by atoms with Crippen LogP contribution in [0.5, 0.6) is 0 Å². The van der Waals surface area contributed by atoms with Gasteiger partial charge < -0.3 is 4.57 Å². The number of fused-ring (bicyclic) bond motifs is 1. The maximum atomic E-state index is 13.7. The second kappa shape index (κ2) is 5.88. The SMILES string of the molecule is CC1CCC(n2c(CCl)nc3cc(F)c(Br)cc32)CC1C. The van der Waals surface area contributed by atoms with Crippen molar-refractivity contribution in [3.63, 3.8) is 0 Å². The first-order valence-corrected chi connectivity index (χ1v) is 8.75. The monoisotopic (exact) mass is 372 g/mol. The van der Waals surface area contributed by atoms with Gasteiger partial charge in [0.25, 0.3) is 0 Å². The molecule has 0 saturated heterocycles. The zero-order valence-electron chi connectivity index (χ0n) is 12.2. The molecule has 0 spiro atoms. The number of aromatic nitrogens is 2. The summed E-state index contributed by atoms with van der Waals surface area (Å²) in [6, 6.07) is 3.73.